The lowest BCUT2D eigenvalue weighted by molar-refractivity contribution is 0.262. The first kappa shape index (κ1) is 11.5. The molecule has 0 bridgehead atoms. The molecule has 0 aliphatic carbocycles. The van der Waals surface area contributed by atoms with E-state index in [4.69, 9.17) is 0 Å². The van der Waals surface area contributed by atoms with E-state index >= 15 is 0 Å². The highest BCUT2D eigenvalue weighted by Crippen LogP contribution is 2.53. The van der Waals surface area contributed by atoms with Crippen molar-refractivity contribution >= 4 is 25.0 Å². The summed E-state index contributed by atoms with van der Waals surface area (Å²) in [4.78, 5) is 0.789. The first-order valence-electron chi connectivity index (χ1n) is 3.78. The maximum absolute atomic E-state index is 11.6. The highest BCUT2D eigenvalue weighted by molar-refractivity contribution is 7.58. The molecule has 1 aromatic rings. The second kappa shape index (κ2) is 4.75. The van der Waals surface area contributed by atoms with E-state index in [1.54, 1.807) is 6.07 Å². The molecule has 6 heteroatoms. The molecular formula is C8H11O4PS. The fraction of sp³-hybridized carbons (Fsp3) is 0.250. The van der Waals surface area contributed by atoms with Gasteiger partial charge in [0.1, 0.15) is 0 Å². The summed E-state index contributed by atoms with van der Waals surface area (Å²) in [6.45, 7) is 0. The molecule has 1 aromatic heterocycles. The molecule has 0 atom stereocenters. The molecule has 1 rings (SSSR count). The molecule has 0 aromatic carbocycles. The Balaban J connectivity index is 2.94. The van der Waals surface area contributed by atoms with Gasteiger partial charge in [-0.2, -0.15) is 0 Å². The molecule has 4 nitrogen and oxygen atoms in total. The van der Waals surface area contributed by atoms with Crippen molar-refractivity contribution in [3.8, 4) is 0 Å². The van der Waals surface area contributed by atoms with Crippen LogP contribution in [-0.4, -0.2) is 19.3 Å². The van der Waals surface area contributed by atoms with Gasteiger partial charge in [0, 0.05) is 25.2 Å². The van der Waals surface area contributed by atoms with Crippen LogP contribution >= 0.6 is 18.9 Å². The predicted octanol–water partition coefficient (Wildman–Crippen LogP) is 3.09. The third-order valence-electron chi connectivity index (χ3n) is 1.58. The average molecular weight is 234 g/mol. The molecule has 0 saturated carbocycles. The Morgan fingerprint density at radius 1 is 1.57 bits per heavy atom. The van der Waals surface area contributed by atoms with Crippen LogP contribution in [0.2, 0.25) is 0 Å². The number of thiophene rings is 1. The highest BCUT2D eigenvalue weighted by atomic mass is 32.1. The van der Waals surface area contributed by atoms with E-state index in [0.717, 1.165) is 4.88 Å². The van der Waals surface area contributed by atoms with Crippen molar-refractivity contribution in [2.24, 2.45) is 0 Å². The van der Waals surface area contributed by atoms with E-state index in [1.807, 2.05) is 11.4 Å². The summed E-state index contributed by atoms with van der Waals surface area (Å²) in [6, 6.07) is 3.62. The molecule has 0 radical (unpaired) electrons. The van der Waals surface area contributed by atoms with Gasteiger partial charge in [-0.3, -0.25) is 4.57 Å². The van der Waals surface area contributed by atoms with Crippen LogP contribution in [0.5, 0.6) is 0 Å². The summed E-state index contributed by atoms with van der Waals surface area (Å²) in [5.74, 6) is 0. The minimum absolute atomic E-state index is 0.384. The minimum atomic E-state index is -3.49. The van der Waals surface area contributed by atoms with E-state index in [2.05, 4.69) is 9.05 Å². The topological polar surface area (TPSA) is 55.8 Å². The summed E-state index contributed by atoms with van der Waals surface area (Å²) >= 11 is 1.42. The van der Waals surface area contributed by atoms with Gasteiger partial charge in [-0.25, -0.2) is 0 Å². The molecule has 1 heterocycles. The molecule has 0 aliphatic rings. The lowest BCUT2D eigenvalue weighted by Gasteiger charge is -2.11. The fourth-order valence-electron chi connectivity index (χ4n) is 0.841. The third kappa shape index (κ3) is 2.45. The van der Waals surface area contributed by atoms with Crippen LogP contribution in [0, 0.1) is 0 Å². The maximum Gasteiger partial charge on any atom is 0.394 e. The predicted molar refractivity (Wildman–Crippen MR) is 56.5 cm³/mol. The van der Waals surface area contributed by atoms with Gasteiger partial charge in [0.05, 0.1) is 0 Å². The first-order valence-corrected chi connectivity index (χ1v) is 6.21. The maximum atomic E-state index is 11.6. The van der Waals surface area contributed by atoms with Crippen molar-refractivity contribution in [3.63, 3.8) is 0 Å². The van der Waals surface area contributed by atoms with Crippen molar-refractivity contribution in [2.45, 2.75) is 0 Å². The molecule has 78 valence electrons. The largest absolute Gasteiger partial charge is 0.501 e. The third-order valence-corrected chi connectivity index (χ3v) is 4.05. The standard InChI is InChI=1S/C8H11O4PS/c1-11-13(10,12-2)8(9)6-7-4-3-5-14-7/h3-6,9H,1-2H3/b8-6+. The lowest BCUT2D eigenvalue weighted by atomic mass is 10.5. The van der Waals surface area contributed by atoms with Crippen molar-refractivity contribution in [3.05, 3.63) is 27.9 Å². The molecule has 0 spiro atoms. The Bertz CT molecular complexity index is 349. The van der Waals surface area contributed by atoms with E-state index in [1.165, 1.54) is 31.6 Å². The zero-order valence-corrected chi connectivity index (χ0v) is 9.55. The zero-order chi connectivity index (χ0) is 10.6. The summed E-state index contributed by atoms with van der Waals surface area (Å²) in [7, 11) is -1.04. The summed E-state index contributed by atoms with van der Waals surface area (Å²) in [5, 5.41) is 11.3. The van der Waals surface area contributed by atoms with Gasteiger partial charge in [0.25, 0.3) is 0 Å². The van der Waals surface area contributed by atoms with Gasteiger partial charge in [-0.1, -0.05) is 6.07 Å². The van der Waals surface area contributed by atoms with Crippen molar-refractivity contribution in [2.75, 3.05) is 14.2 Å². The number of hydrogen-bond donors (Lipinski definition) is 1. The Morgan fingerprint density at radius 2 is 2.21 bits per heavy atom. The quantitative estimate of drug-likeness (QED) is 0.642. The molecule has 0 fully saturated rings. The number of rotatable bonds is 4. The molecular weight excluding hydrogens is 223 g/mol. The monoisotopic (exact) mass is 234 g/mol. The molecule has 0 amide bonds. The van der Waals surface area contributed by atoms with E-state index in [-0.39, 0.29) is 5.50 Å². The van der Waals surface area contributed by atoms with Gasteiger partial charge >= 0.3 is 7.60 Å². The lowest BCUT2D eigenvalue weighted by Crippen LogP contribution is -1.91. The normalized spacial score (nSPS) is 13.1. The van der Waals surface area contributed by atoms with Crippen molar-refractivity contribution < 1.29 is 18.7 Å². The Hall–Kier alpha value is -0.610. The summed E-state index contributed by atoms with van der Waals surface area (Å²) < 4.78 is 20.9. The summed E-state index contributed by atoms with van der Waals surface area (Å²) in [6.07, 6.45) is 1.37. The molecule has 0 unspecified atom stereocenters. The van der Waals surface area contributed by atoms with Gasteiger partial charge < -0.3 is 14.2 Å². The van der Waals surface area contributed by atoms with Crippen LogP contribution in [0.15, 0.2) is 23.0 Å². The van der Waals surface area contributed by atoms with Crippen LogP contribution in [0.25, 0.3) is 6.08 Å². The van der Waals surface area contributed by atoms with Gasteiger partial charge in [-0.15, -0.1) is 11.3 Å². The molecule has 0 saturated heterocycles. The van der Waals surface area contributed by atoms with Crippen LogP contribution in [-0.2, 0) is 13.6 Å². The van der Waals surface area contributed by atoms with Crippen LogP contribution in [0.3, 0.4) is 0 Å². The van der Waals surface area contributed by atoms with E-state index < -0.39 is 7.60 Å². The molecule has 14 heavy (non-hydrogen) atoms. The molecule has 0 aliphatic heterocycles. The highest BCUT2D eigenvalue weighted by Gasteiger charge is 2.27. The van der Waals surface area contributed by atoms with Crippen LogP contribution in [0.4, 0.5) is 0 Å². The SMILES string of the molecule is COP(=O)(OC)/C(O)=C/c1cccs1. The zero-order valence-electron chi connectivity index (χ0n) is 7.84. The van der Waals surface area contributed by atoms with Crippen LogP contribution < -0.4 is 0 Å². The Labute approximate surface area is 86.3 Å². The Morgan fingerprint density at radius 3 is 2.64 bits per heavy atom. The first-order chi connectivity index (χ1) is 6.62. The van der Waals surface area contributed by atoms with Gasteiger partial charge in [0.2, 0.25) is 5.50 Å². The average Bonchev–Trinajstić information content (AvgIpc) is 2.69. The van der Waals surface area contributed by atoms with E-state index in [9.17, 15) is 9.67 Å². The fourth-order valence-corrected chi connectivity index (χ4v) is 2.40. The molecule has 1 N–H and O–H groups in total. The number of hydrogen-bond acceptors (Lipinski definition) is 5. The van der Waals surface area contributed by atoms with Gasteiger partial charge in [0.15, 0.2) is 0 Å². The van der Waals surface area contributed by atoms with Crippen molar-refractivity contribution in [1.29, 1.82) is 0 Å². The second-order valence-corrected chi connectivity index (χ2v) is 5.54. The van der Waals surface area contributed by atoms with Crippen LogP contribution in [0.1, 0.15) is 4.88 Å². The second-order valence-electron chi connectivity index (χ2n) is 2.38. The van der Waals surface area contributed by atoms with Gasteiger partial charge in [-0.05, 0) is 11.4 Å². The number of aliphatic hydroxyl groups excluding tert-OH is 1. The van der Waals surface area contributed by atoms with Crippen molar-refractivity contribution in [1.82, 2.24) is 0 Å². The van der Waals surface area contributed by atoms with E-state index in [0.29, 0.717) is 0 Å². The smallest absolute Gasteiger partial charge is 0.394 e. The summed E-state index contributed by atoms with van der Waals surface area (Å²) in [5.41, 5.74) is -0.384. The number of aliphatic hydroxyl groups is 1. The Kier molecular flexibility index (Phi) is 3.89. The minimum Gasteiger partial charge on any atom is -0.501 e.